The molecule has 1 aliphatic heterocycles. The average molecular weight is 240 g/mol. The third-order valence-electron chi connectivity index (χ3n) is 4.57. The van der Waals surface area contributed by atoms with E-state index in [1.54, 1.807) is 0 Å². The quantitative estimate of drug-likeness (QED) is 0.768. The Bertz CT molecular complexity index is 223. The third-order valence-corrected chi connectivity index (χ3v) is 4.57. The zero-order valence-corrected chi connectivity index (χ0v) is 12.7. The number of likely N-dealkylation sites (tertiary alicyclic amines) is 1. The summed E-state index contributed by atoms with van der Waals surface area (Å²) in [6.07, 6.45) is 1.39. The maximum atomic E-state index is 3.57. The maximum absolute atomic E-state index is 3.57. The lowest BCUT2D eigenvalue weighted by molar-refractivity contribution is 0.159. The Labute approximate surface area is 108 Å². The van der Waals surface area contributed by atoms with Gasteiger partial charge in [0.1, 0.15) is 0 Å². The van der Waals surface area contributed by atoms with Gasteiger partial charge < -0.3 is 10.2 Å². The van der Waals surface area contributed by atoms with Crippen LogP contribution in [0.2, 0.25) is 0 Å². The topological polar surface area (TPSA) is 15.3 Å². The van der Waals surface area contributed by atoms with Crippen LogP contribution >= 0.6 is 0 Å². The van der Waals surface area contributed by atoms with E-state index in [9.17, 15) is 0 Å². The maximum Gasteiger partial charge on any atom is 0.0102 e. The van der Waals surface area contributed by atoms with E-state index in [0.717, 1.165) is 18.4 Å². The van der Waals surface area contributed by atoms with E-state index in [2.05, 4.69) is 51.8 Å². The zero-order chi connectivity index (χ0) is 13.1. The van der Waals surface area contributed by atoms with Crippen LogP contribution in [-0.2, 0) is 0 Å². The molecule has 2 nitrogen and oxygen atoms in total. The first-order valence-electron chi connectivity index (χ1n) is 7.32. The Kier molecular flexibility index (Phi) is 5.46. The van der Waals surface area contributed by atoms with Gasteiger partial charge in [-0.3, -0.25) is 0 Å². The van der Waals surface area contributed by atoms with Gasteiger partial charge in [-0.15, -0.1) is 0 Å². The molecule has 0 aliphatic carbocycles. The van der Waals surface area contributed by atoms with E-state index < -0.39 is 0 Å². The summed E-state index contributed by atoms with van der Waals surface area (Å²) in [6.45, 7) is 18.9. The summed E-state index contributed by atoms with van der Waals surface area (Å²) >= 11 is 0. The van der Waals surface area contributed by atoms with E-state index in [1.165, 1.54) is 26.1 Å². The van der Waals surface area contributed by atoms with Gasteiger partial charge in [-0.05, 0) is 43.7 Å². The third kappa shape index (κ3) is 4.26. The molecule has 1 N–H and O–H groups in total. The Morgan fingerprint density at radius 2 is 1.94 bits per heavy atom. The Morgan fingerprint density at radius 3 is 2.41 bits per heavy atom. The molecule has 2 unspecified atom stereocenters. The summed E-state index contributed by atoms with van der Waals surface area (Å²) in [4.78, 5) is 2.67. The summed E-state index contributed by atoms with van der Waals surface area (Å²) in [7, 11) is 0. The predicted octanol–water partition coefficient (Wildman–Crippen LogP) is 2.99. The summed E-state index contributed by atoms with van der Waals surface area (Å²) in [5.41, 5.74) is 0.363. The molecule has 0 aromatic heterocycles. The molecule has 102 valence electrons. The van der Waals surface area contributed by atoms with Crippen molar-refractivity contribution in [1.29, 1.82) is 0 Å². The van der Waals surface area contributed by atoms with Crippen LogP contribution in [0.25, 0.3) is 0 Å². The Morgan fingerprint density at radius 1 is 1.29 bits per heavy atom. The van der Waals surface area contributed by atoms with Gasteiger partial charge in [0.2, 0.25) is 0 Å². The summed E-state index contributed by atoms with van der Waals surface area (Å²) in [5.74, 6) is 1.76. The molecular formula is C15H32N2. The van der Waals surface area contributed by atoms with Crippen LogP contribution < -0.4 is 5.32 Å². The van der Waals surface area contributed by atoms with Crippen LogP contribution in [0.4, 0.5) is 0 Å². The predicted molar refractivity (Wildman–Crippen MR) is 76.3 cm³/mol. The van der Waals surface area contributed by atoms with Crippen molar-refractivity contribution in [2.75, 3.05) is 26.2 Å². The second-order valence-corrected chi connectivity index (χ2v) is 6.80. The molecule has 1 aliphatic rings. The fourth-order valence-corrected chi connectivity index (χ4v) is 2.85. The molecule has 0 saturated carbocycles. The molecule has 2 heteroatoms. The van der Waals surface area contributed by atoms with Gasteiger partial charge in [0.15, 0.2) is 0 Å². The van der Waals surface area contributed by atoms with Crippen LogP contribution in [0.5, 0.6) is 0 Å². The van der Waals surface area contributed by atoms with E-state index in [0.29, 0.717) is 11.5 Å². The van der Waals surface area contributed by atoms with Crippen molar-refractivity contribution in [2.45, 2.75) is 54.0 Å². The van der Waals surface area contributed by atoms with Crippen molar-refractivity contribution in [3.63, 3.8) is 0 Å². The van der Waals surface area contributed by atoms with Crippen molar-refractivity contribution in [2.24, 2.45) is 17.3 Å². The van der Waals surface area contributed by atoms with Crippen LogP contribution in [0, 0.1) is 17.3 Å². The molecule has 0 bridgehead atoms. The van der Waals surface area contributed by atoms with E-state index in [1.807, 2.05) is 0 Å². The van der Waals surface area contributed by atoms with Crippen LogP contribution in [0.15, 0.2) is 0 Å². The number of nitrogens with one attached hydrogen (secondary N) is 1. The van der Waals surface area contributed by atoms with Gasteiger partial charge >= 0.3 is 0 Å². The average Bonchev–Trinajstić information content (AvgIpc) is 2.66. The Balaban J connectivity index is 2.43. The lowest BCUT2D eigenvalue weighted by atomic mass is 9.84. The normalized spacial score (nSPS) is 24.5. The number of hydrogen-bond acceptors (Lipinski definition) is 2. The summed E-state index contributed by atoms with van der Waals surface area (Å²) < 4.78 is 0. The molecule has 0 aromatic rings. The first-order valence-corrected chi connectivity index (χ1v) is 7.32. The molecule has 0 radical (unpaired) electrons. The molecule has 1 heterocycles. The first-order chi connectivity index (χ1) is 7.86. The SMILES string of the molecule is CCNC(C)C(C)(C)CN1CCC(C(C)C)C1. The van der Waals surface area contributed by atoms with Crippen molar-refractivity contribution in [3.8, 4) is 0 Å². The van der Waals surface area contributed by atoms with Crippen molar-refractivity contribution in [3.05, 3.63) is 0 Å². The van der Waals surface area contributed by atoms with Crippen molar-refractivity contribution < 1.29 is 0 Å². The smallest absolute Gasteiger partial charge is 0.0102 e. The van der Waals surface area contributed by atoms with Gasteiger partial charge in [0, 0.05) is 19.1 Å². The van der Waals surface area contributed by atoms with Gasteiger partial charge in [0.05, 0.1) is 0 Å². The van der Waals surface area contributed by atoms with Crippen LogP contribution in [0.3, 0.4) is 0 Å². The highest BCUT2D eigenvalue weighted by Crippen LogP contribution is 2.28. The minimum atomic E-state index is 0.363. The first kappa shape index (κ1) is 15.0. The number of hydrogen-bond donors (Lipinski definition) is 1. The largest absolute Gasteiger partial charge is 0.314 e. The monoisotopic (exact) mass is 240 g/mol. The molecule has 17 heavy (non-hydrogen) atoms. The lowest BCUT2D eigenvalue weighted by Crippen LogP contribution is -2.46. The molecule has 1 rings (SSSR count). The highest BCUT2D eigenvalue weighted by atomic mass is 15.2. The summed E-state index contributed by atoms with van der Waals surface area (Å²) in [6, 6.07) is 0.589. The van der Waals surface area contributed by atoms with Gasteiger partial charge in [0.25, 0.3) is 0 Å². The molecule has 0 spiro atoms. The van der Waals surface area contributed by atoms with Crippen LogP contribution in [-0.4, -0.2) is 37.1 Å². The minimum absolute atomic E-state index is 0.363. The van der Waals surface area contributed by atoms with Crippen molar-refractivity contribution in [1.82, 2.24) is 10.2 Å². The lowest BCUT2D eigenvalue weighted by Gasteiger charge is -2.36. The fourth-order valence-electron chi connectivity index (χ4n) is 2.85. The van der Waals surface area contributed by atoms with Gasteiger partial charge in [-0.1, -0.05) is 34.6 Å². The van der Waals surface area contributed by atoms with E-state index in [4.69, 9.17) is 0 Å². The van der Waals surface area contributed by atoms with E-state index in [-0.39, 0.29) is 0 Å². The fraction of sp³-hybridized carbons (Fsp3) is 1.00. The second kappa shape index (κ2) is 6.19. The molecule has 1 saturated heterocycles. The highest BCUT2D eigenvalue weighted by molar-refractivity contribution is 4.87. The molecule has 0 aromatic carbocycles. The summed E-state index contributed by atoms with van der Waals surface area (Å²) in [5, 5.41) is 3.57. The molecule has 1 fully saturated rings. The zero-order valence-electron chi connectivity index (χ0n) is 12.7. The van der Waals surface area contributed by atoms with Crippen molar-refractivity contribution >= 4 is 0 Å². The van der Waals surface area contributed by atoms with E-state index >= 15 is 0 Å². The minimum Gasteiger partial charge on any atom is -0.314 e. The van der Waals surface area contributed by atoms with Crippen LogP contribution in [0.1, 0.15) is 48.0 Å². The standard InChI is InChI=1S/C15H32N2/c1-7-16-13(4)15(5,6)11-17-9-8-14(10-17)12(2)3/h12-14,16H,7-11H2,1-6H3. The molecule has 2 atom stereocenters. The molecular weight excluding hydrogens is 208 g/mol. The Hall–Kier alpha value is -0.0800. The van der Waals surface area contributed by atoms with Gasteiger partial charge in [-0.25, -0.2) is 0 Å². The highest BCUT2D eigenvalue weighted by Gasteiger charge is 2.32. The number of rotatable bonds is 6. The van der Waals surface area contributed by atoms with Gasteiger partial charge in [-0.2, -0.15) is 0 Å². The molecule has 0 amide bonds. The number of nitrogens with zero attached hydrogens (tertiary/aromatic N) is 1. The second-order valence-electron chi connectivity index (χ2n) is 6.80.